The second-order valence-electron chi connectivity index (χ2n) is 4.50. The zero-order chi connectivity index (χ0) is 12.3. The van der Waals surface area contributed by atoms with Crippen molar-refractivity contribution in [1.29, 1.82) is 0 Å². The van der Waals surface area contributed by atoms with Crippen LogP contribution in [0.15, 0.2) is 36.9 Å². The topological polar surface area (TPSA) is 46.3 Å². The highest BCUT2D eigenvalue weighted by molar-refractivity contribution is 5.79. The summed E-state index contributed by atoms with van der Waals surface area (Å²) in [5.74, 6) is 0.522. The van der Waals surface area contributed by atoms with Gasteiger partial charge in [-0.05, 0) is 11.1 Å². The van der Waals surface area contributed by atoms with E-state index in [0.29, 0.717) is 25.4 Å². The monoisotopic (exact) mass is 230 g/mol. The van der Waals surface area contributed by atoms with E-state index in [0.717, 1.165) is 17.7 Å². The van der Waals surface area contributed by atoms with Crippen molar-refractivity contribution in [3.63, 3.8) is 0 Å². The third kappa shape index (κ3) is 2.74. The first-order valence-corrected chi connectivity index (χ1v) is 5.91. The lowest BCUT2D eigenvalue weighted by atomic mass is 10.1. The molecule has 1 aliphatic rings. The Morgan fingerprint density at radius 1 is 1.47 bits per heavy atom. The number of hydrogen-bond donors (Lipinski definition) is 1. The highest BCUT2D eigenvalue weighted by Crippen LogP contribution is 2.20. The average molecular weight is 230 g/mol. The summed E-state index contributed by atoms with van der Waals surface area (Å²) in [4.78, 5) is 13.6. The fraction of sp³-hybridized carbons (Fsp3) is 0.357. The number of benzene rings is 1. The quantitative estimate of drug-likeness (QED) is 0.800. The van der Waals surface area contributed by atoms with Gasteiger partial charge in [-0.3, -0.25) is 4.79 Å². The standard InChI is InChI=1S/C14H18N2O/c1-2-11-7-14(17)16(9-11)10-13-5-3-4-12(6-13)8-15/h2-6,11H,1,7-10,15H2. The number of nitrogens with zero attached hydrogens (tertiary/aromatic N) is 1. The molecule has 2 N–H and O–H groups in total. The van der Waals surface area contributed by atoms with E-state index in [1.165, 1.54) is 0 Å². The van der Waals surface area contributed by atoms with Crippen LogP contribution >= 0.6 is 0 Å². The van der Waals surface area contributed by atoms with Gasteiger partial charge in [-0.25, -0.2) is 0 Å². The Kier molecular flexibility index (Phi) is 3.59. The van der Waals surface area contributed by atoms with Crippen LogP contribution in [0.5, 0.6) is 0 Å². The van der Waals surface area contributed by atoms with Crippen LogP contribution in [0.25, 0.3) is 0 Å². The van der Waals surface area contributed by atoms with E-state index in [1.807, 2.05) is 29.2 Å². The van der Waals surface area contributed by atoms with Crippen LogP contribution < -0.4 is 5.73 Å². The Balaban J connectivity index is 2.05. The minimum atomic E-state index is 0.216. The third-order valence-electron chi connectivity index (χ3n) is 3.18. The largest absolute Gasteiger partial charge is 0.338 e. The molecule has 0 bridgehead atoms. The average Bonchev–Trinajstić information content (AvgIpc) is 2.70. The van der Waals surface area contributed by atoms with E-state index in [4.69, 9.17) is 5.73 Å². The lowest BCUT2D eigenvalue weighted by Gasteiger charge is -2.16. The highest BCUT2D eigenvalue weighted by Gasteiger charge is 2.27. The Morgan fingerprint density at radius 3 is 2.88 bits per heavy atom. The van der Waals surface area contributed by atoms with Crippen molar-refractivity contribution in [2.45, 2.75) is 19.5 Å². The second kappa shape index (κ2) is 5.15. The van der Waals surface area contributed by atoms with Crippen LogP contribution in [0.2, 0.25) is 0 Å². The van der Waals surface area contributed by atoms with Crippen LogP contribution in [-0.2, 0) is 17.9 Å². The molecular formula is C14H18N2O. The van der Waals surface area contributed by atoms with Crippen molar-refractivity contribution in [1.82, 2.24) is 4.90 Å². The maximum Gasteiger partial charge on any atom is 0.223 e. The van der Waals surface area contributed by atoms with Crippen LogP contribution in [0.4, 0.5) is 0 Å². The molecule has 17 heavy (non-hydrogen) atoms. The number of carbonyl (C=O) groups excluding carboxylic acids is 1. The summed E-state index contributed by atoms with van der Waals surface area (Å²) in [6.45, 7) is 5.75. The van der Waals surface area contributed by atoms with E-state index < -0.39 is 0 Å². The third-order valence-corrected chi connectivity index (χ3v) is 3.18. The number of nitrogens with two attached hydrogens (primary N) is 1. The molecule has 1 heterocycles. The molecule has 3 heteroatoms. The van der Waals surface area contributed by atoms with Gasteiger partial charge in [0, 0.05) is 32.0 Å². The molecule has 0 aromatic heterocycles. The molecule has 0 aliphatic carbocycles. The molecule has 1 atom stereocenters. The van der Waals surface area contributed by atoms with Crippen molar-refractivity contribution in [2.24, 2.45) is 11.7 Å². The number of likely N-dealkylation sites (tertiary alicyclic amines) is 1. The minimum absolute atomic E-state index is 0.216. The van der Waals surface area contributed by atoms with Gasteiger partial charge in [-0.1, -0.05) is 30.3 Å². The summed E-state index contributed by atoms with van der Waals surface area (Å²) >= 11 is 0. The maximum atomic E-state index is 11.8. The smallest absolute Gasteiger partial charge is 0.223 e. The van der Waals surface area contributed by atoms with Crippen molar-refractivity contribution in [2.75, 3.05) is 6.54 Å². The van der Waals surface area contributed by atoms with E-state index in [2.05, 4.69) is 12.6 Å². The first-order valence-electron chi connectivity index (χ1n) is 5.91. The van der Waals surface area contributed by atoms with E-state index in [-0.39, 0.29) is 5.91 Å². The normalized spacial score (nSPS) is 19.7. The van der Waals surface area contributed by atoms with Gasteiger partial charge >= 0.3 is 0 Å². The Bertz CT molecular complexity index is 428. The van der Waals surface area contributed by atoms with Gasteiger partial charge in [-0.15, -0.1) is 6.58 Å². The lowest BCUT2D eigenvalue weighted by molar-refractivity contribution is -0.128. The van der Waals surface area contributed by atoms with E-state index in [1.54, 1.807) is 0 Å². The van der Waals surface area contributed by atoms with Gasteiger partial charge in [0.2, 0.25) is 5.91 Å². The zero-order valence-corrected chi connectivity index (χ0v) is 9.93. The molecule has 90 valence electrons. The molecule has 2 rings (SSSR count). The Morgan fingerprint density at radius 2 is 2.24 bits per heavy atom. The van der Waals surface area contributed by atoms with Gasteiger partial charge in [0.1, 0.15) is 0 Å². The molecule has 1 aromatic rings. The van der Waals surface area contributed by atoms with E-state index in [9.17, 15) is 4.79 Å². The number of hydrogen-bond acceptors (Lipinski definition) is 2. The highest BCUT2D eigenvalue weighted by atomic mass is 16.2. The fourth-order valence-electron chi connectivity index (χ4n) is 2.19. The molecule has 3 nitrogen and oxygen atoms in total. The van der Waals surface area contributed by atoms with E-state index >= 15 is 0 Å². The molecule has 1 aromatic carbocycles. The Labute approximate surface area is 102 Å². The van der Waals surface area contributed by atoms with Gasteiger partial charge in [0.15, 0.2) is 0 Å². The van der Waals surface area contributed by atoms with Crippen molar-refractivity contribution < 1.29 is 4.79 Å². The molecule has 1 aliphatic heterocycles. The lowest BCUT2D eigenvalue weighted by Crippen LogP contribution is -2.24. The molecule has 1 unspecified atom stereocenters. The summed E-state index contributed by atoms with van der Waals surface area (Å²) in [5.41, 5.74) is 7.85. The molecule has 1 amide bonds. The molecule has 1 saturated heterocycles. The SMILES string of the molecule is C=CC1CC(=O)N(Cc2cccc(CN)c2)C1. The number of rotatable bonds is 4. The molecule has 1 fully saturated rings. The predicted octanol–water partition coefficient (Wildman–Crippen LogP) is 1.68. The first-order chi connectivity index (χ1) is 8.22. The van der Waals surface area contributed by atoms with Gasteiger partial charge in [-0.2, -0.15) is 0 Å². The predicted molar refractivity (Wildman–Crippen MR) is 68.1 cm³/mol. The summed E-state index contributed by atoms with van der Waals surface area (Å²) < 4.78 is 0. The number of carbonyl (C=O) groups is 1. The molecule has 0 spiro atoms. The zero-order valence-electron chi connectivity index (χ0n) is 9.93. The van der Waals surface area contributed by atoms with Crippen molar-refractivity contribution in [3.05, 3.63) is 48.0 Å². The van der Waals surface area contributed by atoms with Gasteiger partial charge < -0.3 is 10.6 Å². The summed E-state index contributed by atoms with van der Waals surface area (Å²) in [6, 6.07) is 8.09. The second-order valence-corrected chi connectivity index (χ2v) is 4.50. The van der Waals surface area contributed by atoms with Gasteiger partial charge in [0.25, 0.3) is 0 Å². The Hall–Kier alpha value is -1.61. The van der Waals surface area contributed by atoms with Crippen LogP contribution in [0.3, 0.4) is 0 Å². The summed E-state index contributed by atoms with van der Waals surface area (Å²) in [7, 11) is 0. The molecule has 0 radical (unpaired) electrons. The first kappa shape index (κ1) is 11.9. The fourth-order valence-corrected chi connectivity index (χ4v) is 2.19. The summed E-state index contributed by atoms with van der Waals surface area (Å²) in [6.07, 6.45) is 2.47. The summed E-state index contributed by atoms with van der Waals surface area (Å²) in [5, 5.41) is 0. The molecule has 0 saturated carbocycles. The van der Waals surface area contributed by atoms with Crippen molar-refractivity contribution >= 4 is 5.91 Å². The van der Waals surface area contributed by atoms with Crippen LogP contribution in [-0.4, -0.2) is 17.4 Å². The maximum absolute atomic E-state index is 11.8. The van der Waals surface area contributed by atoms with Gasteiger partial charge in [0.05, 0.1) is 0 Å². The molecular weight excluding hydrogens is 212 g/mol. The minimum Gasteiger partial charge on any atom is -0.338 e. The van der Waals surface area contributed by atoms with Crippen LogP contribution in [0, 0.1) is 5.92 Å². The number of amides is 1. The van der Waals surface area contributed by atoms with Crippen LogP contribution in [0.1, 0.15) is 17.5 Å². The van der Waals surface area contributed by atoms with Crippen molar-refractivity contribution in [3.8, 4) is 0 Å².